The van der Waals surface area contributed by atoms with Crippen LogP contribution in [0.2, 0.25) is 0 Å². The van der Waals surface area contributed by atoms with E-state index in [1.54, 1.807) is 30.1 Å². The molecule has 0 aliphatic carbocycles. The molecule has 0 N–H and O–H groups in total. The Bertz CT molecular complexity index is 351. The minimum atomic E-state index is -0.0504. The summed E-state index contributed by atoms with van der Waals surface area (Å²) in [4.78, 5) is 21.6. The molecule has 0 aliphatic heterocycles. The van der Waals surface area contributed by atoms with Gasteiger partial charge < -0.3 is 9.80 Å². The van der Waals surface area contributed by atoms with Crippen molar-refractivity contribution in [1.82, 2.24) is 14.8 Å². The highest BCUT2D eigenvalue weighted by atomic mass is 16.2. The topological polar surface area (TPSA) is 39.7 Å². The van der Waals surface area contributed by atoms with Crippen LogP contribution < -0.4 is 4.90 Å². The second-order valence-corrected chi connectivity index (χ2v) is 4.32. The Kier molecular flexibility index (Phi) is 4.90. The first kappa shape index (κ1) is 13.4. The van der Waals surface area contributed by atoms with E-state index in [1.165, 1.54) is 0 Å². The largest absolute Gasteiger partial charge is 0.330 e. The summed E-state index contributed by atoms with van der Waals surface area (Å²) in [5.74, 6) is 0.688. The Morgan fingerprint density at radius 2 is 1.88 bits per heavy atom. The molecule has 0 saturated carbocycles. The van der Waals surface area contributed by atoms with Crippen molar-refractivity contribution < 1.29 is 4.79 Å². The van der Waals surface area contributed by atoms with E-state index < -0.39 is 0 Å². The quantitative estimate of drug-likeness (QED) is 0.787. The average Bonchev–Trinajstić information content (AvgIpc) is 2.30. The van der Waals surface area contributed by atoms with E-state index in [-0.39, 0.29) is 6.03 Å². The monoisotopic (exact) mass is 236 g/mol. The summed E-state index contributed by atoms with van der Waals surface area (Å²) in [5, 5.41) is 0. The highest BCUT2D eigenvalue weighted by molar-refractivity contribution is 5.90. The molecule has 0 aliphatic rings. The lowest BCUT2D eigenvalue weighted by Crippen LogP contribution is -2.43. The number of carbonyl (C=O) groups is 1. The molecule has 0 atom stereocenters. The fourth-order valence-corrected chi connectivity index (χ4v) is 1.36. The molecule has 1 aromatic heterocycles. The van der Waals surface area contributed by atoms with Crippen LogP contribution in [0.15, 0.2) is 24.4 Å². The van der Waals surface area contributed by atoms with E-state index >= 15 is 0 Å². The van der Waals surface area contributed by atoms with Gasteiger partial charge in [-0.15, -0.1) is 0 Å². The van der Waals surface area contributed by atoms with Gasteiger partial charge in [0.15, 0.2) is 0 Å². The standard InChI is InChI=1S/C12H20N4O/c1-14(2)9-10-16(12(17)15(3)4)11-7-5-6-8-13-11/h5-8H,9-10H2,1-4H3. The molecule has 1 rings (SSSR count). The number of rotatable bonds is 4. The van der Waals surface area contributed by atoms with Crippen LogP contribution in [0, 0.1) is 0 Å². The highest BCUT2D eigenvalue weighted by Gasteiger charge is 2.18. The first-order chi connectivity index (χ1) is 8.02. The molecule has 94 valence electrons. The molecule has 0 radical (unpaired) electrons. The average molecular weight is 236 g/mol. The normalized spacial score (nSPS) is 10.4. The van der Waals surface area contributed by atoms with E-state index in [4.69, 9.17) is 0 Å². The third-order valence-corrected chi connectivity index (χ3v) is 2.31. The Labute approximate surface area is 103 Å². The molecular formula is C12H20N4O. The number of urea groups is 1. The summed E-state index contributed by atoms with van der Waals surface area (Å²) in [6.45, 7) is 1.43. The van der Waals surface area contributed by atoms with Crippen molar-refractivity contribution >= 4 is 11.8 Å². The smallest absolute Gasteiger partial charge is 0.325 e. The van der Waals surface area contributed by atoms with Crippen molar-refractivity contribution in [1.29, 1.82) is 0 Å². The second kappa shape index (κ2) is 6.20. The van der Waals surface area contributed by atoms with Crippen LogP contribution in [0.1, 0.15) is 0 Å². The zero-order chi connectivity index (χ0) is 12.8. The summed E-state index contributed by atoms with van der Waals surface area (Å²) in [7, 11) is 7.45. The molecule has 2 amide bonds. The van der Waals surface area contributed by atoms with Crippen LogP contribution in [-0.4, -0.2) is 62.1 Å². The van der Waals surface area contributed by atoms with Gasteiger partial charge in [0.2, 0.25) is 0 Å². The number of nitrogens with zero attached hydrogens (tertiary/aromatic N) is 4. The minimum absolute atomic E-state index is 0.0504. The molecule has 0 aromatic carbocycles. The predicted molar refractivity (Wildman–Crippen MR) is 69.2 cm³/mol. The molecule has 5 nitrogen and oxygen atoms in total. The molecule has 0 unspecified atom stereocenters. The highest BCUT2D eigenvalue weighted by Crippen LogP contribution is 2.10. The lowest BCUT2D eigenvalue weighted by molar-refractivity contribution is 0.222. The summed E-state index contributed by atoms with van der Waals surface area (Å²) in [6.07, 6.45) is 1.70. The molecule has 1 aromatic rings. The van der Waals surface area contributed by atoms with Gasteiger partial charge in [-0.1, -0.05) is 6.07 Å². The van der Waals surface area contributed by atoms with E-state index in [1.807, 2.05) is 37.2 Å². The number of aromatic nitrogens is 1. The first-order valence-electron chi connectivity index (χ1n) is 5.57. The number of anilines is 1. The first-order valence-corrected chi connectivity index (χ1v) is 5.57. The molecular weight excluding hydrogens is 216 g/mol. The SMILES string of the molecule is CN(C)CCN(C(=O)N(C)C)c1ccccn1. The summed E-state index contributed by atoms with van der Waals surface area (Å²) >= 11 is 0. The van der Waals surface area contributed by atoms with E-state index in [9.17, 15) is 4.79 Å². The fraction of sp³-hybridized carbons (Fsp3) is 0.500. The Morgan fingerprint density at radius 3 is 2.35 bits per heavy atom. The van der Waals surface area contributed by atoms with Gasteiger partial charge >= 0.3 is 6.03 Å². The van der Waals surface area contributed by atoms with Crippen molar-refractivity contribution in [3.8, 4) is 0 Å². The van der Waals surface area contributed by atoms with Gasteiger partial charge in [0.1, 0.15) is 5.82 Å². The molecule has 5 heteroatoms. The van der Waals surface area contributed by atoms with Crippen molar-refractivity contribution in [2.24, 2.45) is 0 Å². The minimum Gasteiger partial charge on any atom is -0.330 e. The van der Waals surface area contributed by atoms with Gasteiger partial charge in [0, 0.05) is 33.4 Å². The van der Waals surface area contributed by atoms with Gasteiger partial charge in [-0.05, 0) is 26.2 Å². The number of hydrogen-bond donors (Lipinski definition) is 0. The molecule has 0 spiro atoms. The fourth-order valence-electron chi connectivity index (χ4n) is 1.36. The van der Waals surface area contributed by atoms with Crippen LogP contribution in [0.25, 0.3) is 0 Å². The zero-order valence-corrected chi connectivity index (χ0v) is 10.9. The summed E-state index contributed by atoms with van der Waals surface area (Å²) in [5.41, 5.74) is 0. The van der Waals surface area contributed by atoms with Gasteiger partial charge in [-0.3, -0.25) is 4.90 Å². The molecule has 1 heterocycles. The number of hydrogen-bond acceptors (Lipinski definition) is 3. The Balaban J connectivity index is 2.83. The number of pyridine rings is 1. The zero-order valence-electron chi connectivity index (χ0n) is 10.9. The van der Waals surface area contributed by atoms with Crippen LogP contribution >= 0.6 is 0 Å². The Hall–Kier alpha value is -1.62. The van der Waals surface area contributed by atoms with Crippen LogP contribution in [0.3, 0.4) is 0 Å². The maximum atomic E-state index is 12.0. The molecule has 0 bridgehead atoms. The van der Waals surface area contributed by atoms with E-state index in [0.717, 1.165) is 6.54 Å². The summed E-state index contributed by atoms with van der Waals surface area (Å²) in [6, 6.07) is 5.52. The number of carbonyl (C=O) groups excluding carboxylic acids is 1. The van der Waals surface area contributed by atoms with Gasteiger partial charge in [-0.2, -0.15) is 0 Å². The maximum absolute atomic E-state index is 12.0. The molecule has 0 saturated heterocycles. The van der Waals surface area contributed by atoms with Gasteiger partial charge in [-0.25, -0.2) is 9.78 Å². The lowest BCUT2D eigenvalue weighted by Gasteiger charge is -2.26. The van der Waals surface area contributed by atoms with Gasteiger partial charge in [0.05, 0.1) is 0 Å². The van der Waals surface area contributed by atoms with Crippen molar-refractivity contribution in [3.05, 3.63) is 24.4 Å². The van der Waals surface area contributed by atoms with Gasteiger partial charge in [0.25, 0.3) is 0 Å². The van der Waals surface area contributed by atoms with Crippen LogP contribution in [-0.2, 0) is 0 Å². The lowest BCUT2D eigenvalue weighted by atomic mass is 10.4. The maximum Gasteiger partial charge on any atom is 0.325 e. The second-order valence-electron chi connectivity index (χ2n) is 4.32. The van der Waals surface area contributed by atoms with Crippen molar-refractivity contribution in [2.45, 2.75) is 0 Å². The van der Waals surface area contributed by atoms with Crippen molar-refractivity contribution in [2.75, 3.05) is 46.2 Å². The predicted octanol–water partition coefficient (Wildman–Crippen LogP) is 1.13. The third-order valence-electron chi connectivity index (χ3n) is 2.31. The van der Waals surface area contributed by atoms with Crippen LogP contribution in [0.5, 0.6) is 0 Å². The van der Waals surface area contributed by atoms with Crippen LogP contribution in [0.4, 0.5) is 10.6 Å². The third kappa shape index (κ3) is 4.03. The molecule has 17 heavy (non-hydrogen) atoms. The van der Waals surface area contributed by atoms with E-state index in [0.29, 0.717) is 12.4 Å². The van der Waals surface area contributed by atoms with Crippen molar-refractivity contribution in [3.63, 3.8) is 0 Å². The Morgan fingerprint density at radius 1 is 1.18 bits per heavy atom. The number of likely N-dealkylation sites (N-methyl/N-ethyl adjacent to an activating group) is 1. The van der Waals surface area contributed by atoms with E-state index in [2.05, 4.69) is 4.98 Å². The number of amides is 2. The summed E-state index contributed by atoms with van der Waals surface area (Å²) < 4.78 is 0. The molecule has 0 fully saturated rings.